The highest BCUT2D eigenvalue weighted by Gasteiger charge is 2.21. The van der Waals surface area contributed by atoms with E-state index in [0.717, 1.165) is 6.07 Å². The van der Waals surface area contributed by atoms with Crippen LogP contribution in [0.25, 0.3) is 0 Å². The maximum Gasteiger partial charge on any atom is 0.272 e. The Morgan fingerprint density at radius 2 is 2.25 bits per heavy atom. The van der Waals surface area contributed by atoms with E-state index in [2.05, 4.69) is 0 Å². The Balaban J connectivity index is 3.11. The van der Waals surface area contributed by atoms with Crippen LogP contribution in [0.15, 0.2) is 18.2 Å². The monoisotopic (exact) mass is 228 g/mol. The van der Waals surface area contributed by atoms with Crippen LogP contribution >= 0.6 is 0 Å². The van der Waals surface area contributed by atoms with Gasteiger partial charge in [0.2, 0.25) is 0 Å². The van der Waals surface area contributed by atoms with E-state index < -0.39 is 22.9 Å². The second-order valence-electron chi connectivity index (χ2n) is 3.47. The number of rotatable bonds is 4. The molecule has 2 unspecified atom stereocenters. The van der Waals surface area contributed by atoms with Crippen molar-refractivity contribution in [2.75, 3.05) is 0 Å². The van der Waals surface area contributed by atoms with Gasteiger partial charge in [-0.15, -0.1) is 0 Å². The zero-order valence-electron chi connectivity index (χ0n) is 8.76. The summed E-state index contributed by atoms with van der Waals surface area (Å²) in [7, 11) is 0. The van der Waals surface area contributed by atoms with Crippen molar-refractivity contribution < 1.29 is 14.4 Å². The highest BCUT2D eigenvalue weighted by Crippen LogP contribution is 2.26. The van der Waals surface area contributed by atoms with Gasteiger partial charge in [-0.25, -0.2) is 4.39 Å². The van der Waals surface area contributed by atoms with Crippen LogP contribution < -0.4 is 5.73 Å². The Kier molecular flexibility index (Phi) is 3.92. The molecule has 88 valence electrons. The number of benzene rings is 1. The molecule has 0 bridgehead atoms. The van der Waals surface area contributed by atoms with Crippen LogP contribution in [0.3, 0.4) is 0 Å². The summed E-state index contributed by atoms with van der Waals surface area (Å²) in [6, 6.07) is 3.32. The molecule has 6 heteroatoms. The molecular formula is C10H13FN2O3. The Hall–Kier alpha value is -1.53. The molecule has 0 fully saturated rings. The normalized spacial score (nSPS) is 14.5. The van der Waals surface area contributed by atoms with Gasteiger partial charge in [0.25, 0.3) is 5.69 Å². The van der Waals surface area contributed by atoms with Crippen LogP contribution in [-0.4, -0.2) is 16.3 Å². The van der Waals surface area contributed by atoms with Crippen LogP contribution in [-0.2, 0) is 0 Å². The number of nitro benzene ring substituents is 1. The van der Waals surface area contributed by atoms with Crippen molar-refractivity contribution in [2.24, 2.45) is 5.73 Å². The molecule has 0 aliphatic rings. The van der Waals surface area contributed by atoms with Crippen LogP contribution in [0.4, 0.5) is 10.1 Å². The largest absolute Gasteiger partial charge is 0.378 e. The summed E-state index contributed by atoms with van der Waals surface area (Å²) in [4.78, 5) is 9.73. The number of hydrogen-bond donors (Lipinski definition) is 2. The maximum absolute atomic E-state index is 13.5. The van der Waals surface area contributed by atoms with E-state index in [9.17, 15) is 19.6 Å². The minimum absolute atomic E-state index is 0.197. The Morgan fingerprint density at radius 1 is 1.62 bits per heavy atom. The van der Waals surface area contributed by atoms with Crippen LogP contribution in [0.2, 0.25) is 0 Å². The van der Waals surface area contributed by atoms with Crippen molar-refractivity contribution in [1.29, 1.82) is 0 Å². The lowest BCUT2D eigenvalue weighted by atomic mass is 9.94. The van der Waals surface area contributed by atoms with Gasteiger partial charge < -0.3 is 10.8 Å². The number of halogens is 1. The molecule has 0 amide bonds. The SMILES string of the molecule is CCC(c1ccc([N+](=O)[O-])cc1F)C(N)O. The summed E-state index contributed by atoms with van der Waals surface area (Å²) in [5.41, 5.74) is 5.18. The first kappa shape index (κ1) is 12.5. The van der Waals surface area contributed by atoms with Gasteiger partial charge in [-0.2, -0.15) is 0 Å². The number of hydrogen-bond acceptors (Lipinski definition) is 4. The van der Waals surface area contributed by atoms with Gasteiger partial charge in [-0.05, 0) is 18.1 Å². The number of nitrogens with two attached hydrogens (primary N) is 1. The van der Waals surface area contributed by atoms with Crippen LogP contribution in [0.1, 0.15) is 24.8 Å². The number of nitro groups is 1. The van der Waals surface area contributed by atoms with Crippen molar-refractivity contribution in [3.05, 3.63) is 39.7 Å². The molecule has 0 heterocycles. The third-order valence-electron chi connectivity index (χ3n) is 2.45. The lowest BCUT2D eigenvalue weighted by Gasteiger charge is -2.18. The molecule has 0 radical (unpaired) electrons. The number of nitrogens with zero attached hydrogens (tertiary/aromatic N) is 1. The number of aliphatic hydroxyl groups is 1. The lowest BCUT2D eigenvalue weighted by Crippen LogP contribution is -2.28. The first-order chi connectivity index (χ1) is 7.47. The van der Waals surface area contributed by atoms with E-state index >= 15 is 0 Å². The van der Waals surface area contributed by atoms with Crippen molar-refractivity contribution in [2.45, 2.75) is 25.5 Å². The smallest absolute Gasteiger partial charge is 0.272 e. The summed E-state index contributed by atoms with van der Waals surface area (Å²) < 4.78 is 13.5. The predicted molar refractivity (Wildman–Crippen MR) is 56.3 cm³/mol. The Labute approximate surface area is 91.8 Å². The summed E-state index contributed by atoms with van der Waals surface area (Å²) in [5, 5.41) is 19.6. The molecule has 0 aliphatic heterocycles. The van der Waals surface area contributed by atoms with Gasteiger partial charge in [0.1, 0.15) is 12.0 Å². The predicted octanol–water partition coefficient (Wildman–Crippen LogP) is 1.50. The second kappa shape index (κ2) is 5.00. The first-order valence-corrected chi connectivity index (χ1v) is 4.84. The summed E-state index contributed by atoms with van der Waals surface area (Å²) in [5.74, 6) is -1.27. The van der Waals surface area contributed by atoms with Gasteiger partial charge in [-0.3, -0.25) is 10.1 Å². The fraction of sp³-hybridized carbons (Fsp3) is 0.400. The molecule has 2 atom stereocenters. The molecule has 0 saturated carbocycles. The van der Waals surface area contributed by atoms with Gasteiger partial charge in [0, 0.05) is 12.0 Å². The highest BCUT2D eigenvalue weighted by atomic mass is 19.1. The minimum Gasteiger partial charge on any atom is -0.378 e. The Bertz CT molecular complexity index is 396. The van der Waals surface area contributed by atoms with E-state index in [0.29, 0.717) is 6.42 Å². The quantitative estimate of drug-likeness (QED) is 0.464. The second-order valence-corrected chi connectivity index (χ2v) is 3.47. The number of aliphatic hydroxyl groups excluding tert-OH is 1. The molecule has 0 spiro atoms. The van der Waals surface area contributed by atoms with Gasteiger partial charge in [-0.1, -0.05) is 6.92 Å². The average molecular weight is 228 g/mol. The van der Waals surface area contributed by atoms with Crippen molar-refractivity contribution in [3.8, 4) is 0 Å². The van der Waals surface area contributed by atoms with Gasteiger partial charge >= 0.3 is 0 Å². The lowest BCUT2D eigenvalue weighted by molar-refractivity contribution is -0.385. The van der Waals surface area contributed by atoms with E-state index in [1.807, 2.05) is 0 Å². The summed E-state index contributed by atoms with van der Waals surface area (Å²) >= 11 is 0. The topological polar surface area (TPSA) is 89.4 Å². The minimum atomic E-state index is -1.18. The molecular weight excluding hydrogens is 215 g/mol. The molecule has 3 N–H and O–H groups in total. The van der Waals surface area contributed by atoms with E-state index in [4.69, 9.17) is 5.73 Å². The molecule has 1 rings (SSSR count). The molecule has 0 aromatic heterocycles. The zero-order valence-corrected chi connectivity index (χ0v) is 8.76. The van der Waals surface area contributed by atoms with Crippen LogP contribution in [0, 0.1) is 15.9 Å². The zero-order chi connectivity index (χ0) is 12.3. The first-order valence-electron chi connectivity index (χ1n) is 4.84. The van der Waals surface area contributed by atoms with Crippen LogP contribution in [0.5, 0.6) is 0 Å². The maximum atomic E-state index is 13.5. The van der Waals surface area contributed by atoms with Crippen molar-refractivity contribution >= 4 is 5.69 Å². The number of non-ortho nitro benzene ring substituents is 1. The van der Waals surface area contributed by atoms with Crippen molar-refractivity contribution in [3.63, 3.8) is 0 Å². The van der Waals surface area contributed by atoms with E-state index in [1.165, 1.54) is 12.1 Å². The molecule has 0 saturated heterocycles. The fourth-order valence-electron chi connectivity index (χ4n) is 1.58. The van der Waals surface area contributed by atoms with E-state index in [-0.39, 0.29) is 11.3 Å². The van der Waals surface area contributed by atoms with Gasteiger partial charge in [0.05, 0.1) is 11.0 Å². The molecule has 16 heavy (non-hydrogen) atoms. The molecule has 5 nitrogen and oxygen atoms in total. The summed E-state index contributed by atoms with van der Waals surface area (Å²) in [6.07, 6.45) is -0.729. The van der Waals surface area contributed by atoms with E-state index in [1.54, 1.807) is 6.92 Å². The molecule has 1 aromatic rings. The molecule has 0 aliphatic carbocycles. The third kappa shape index (κ3) is 2.53. The van der Waals surface area contributed by atoms with Gasteiger partial charge in [0.15, 0.2) is 0 Å². The standard InChI is InChI=1S/C10H13FN2O3/c1-2-7(10(12)14)8-4-3-6(13(15)16)5-9(8)11/h3-5,7,10,14H,2,12H2,1H3. The molecule has 1 aromatic carbocycles. The summed E-state index contributed by atoms with van der Waals surface area (Å²) in [6.45, 7) is 1.75. The average Bonchev–Trinajstić information content (AvgIpc) is 2.20. The Morgan fingerprint density at radius 3 is 2.62 bits per heavy atom. The third-order valence-corrected chi connectivity index (χ3v) is 2.45. The highest BCUT2D eigenvalue weighted by molar-refractivity contribution is 5.36. The fourth-order valence-corrected chi connectivity index (χ4v) is 1.58. The van der Waals surface area contributed by atoms with Crippen molar-refractivity contribution in [1.82, 2.24) is 0 Å².